The standard InChI is InChI=1S/C21H30BrN5O9/c22-10-15(28)25-18(33)12(5-6-16(29)30)24-19(34)13-3-1-7-26(13)21(36)14-4-2-8-27(14)20(35)11(23)9-17(31)32/h11-14H,1-10,23H2,(H,24,34)(H,29,30)(H,31,32)(H,25,28,33)/t11-,12-,13-,14-/m0/s1. The van der Waals surface area contributed by atoms with E-state index >= 15 is 0 Å². The van der Waals surface area contributed by atoms with Gasteiger partial charge in [-0.05, 0) is 32.1 Å². The van der Waals surface area contributed by atoms with Gasteiger partial charge >= 0.3 is 11.9 Å². The number of hydrogen-bond acceptors (Lipinski definition) is 8. The second-order valence-corrected chi connectivity index (χ2v) is 9.18. The molecule has 0 unspecified atom stereocenters. The van der Waals surface area contributed by atoms with E-state index in [9.17, 15) is 33.6 Å². The summed E-state index contributed by atoms with van der Waals surface area (Å²) in [4.78, 5) is 87.5. The highest BCUT2D eigenvalue weighted by atomic mass is 79.9. The summed E-state index contributed by atoms with van der Waals surface area (Å²) in [5.74, 6) is -5.80. The number of halogens is 1. The Hall–Kier alpha value is -3.07. The molecule has 0 aromatic rings. The van der Waals surface area contributed by atoms with E-state index in [0.717, 1.165) is 0 Å². The molecule has 0 bridgehead atoms. The number of likely N-dealkylation sites (tertiary alicyclic amines) is 2. The predicted molar refractivity (Wildman–Crippen MR) is 125 cm³/mol. The van der Waals surface area contributed by atoms with Crippen LogP contribution in [0.1, 0.15) is 44.9 Å². The van der Waals surface area contributed by atoms with Crippen molar-refractivity contribution < 1.29 is 43.8 Å². The Kier molecular flexibility index (Phi) is 10.8. The average molecular weight is 576 g/mol. The Morgan fingerprint density at radius 2 is 1.56 bits per heavy atom. The van der Waals surface area contributed by atoms with Gasteiger partial charge in [0.05, 0.1) is 17.8 Å². The van der Waals surface area contributed by atoms with Gasteiger partial charge in [-0.15, -0.1) is 0 Å². The van der Waals surface area contributed by atoms with Crippen molar-refractivity contribution in [3.8, 4) is 0 Å². The van der Waals surface area contributed by atoms with E-state index in [4.69, 9.17) is 15.9 Å². The minimum absolute atomic E-state index is 0.171. The van der Waals surface area contributed by atoms with Gasteiger partial charge in [0, 0.05) is 19.5 Å². The monoisotopic (exact) mass is 575 g/mol. The Bertz CT molecular complexity index is 914. The third-order valence-corrected chi connectivity index (χ3v) is 6.54. The number of carboxylic acid groups (broad SMARTS) is 2. The van der Waals surface area contributed by atoms with Gasteiger partial charge in [0.25, 0.3) is 0 Å². The molecule has 200 valence electrons. The van der Waals surface area contributed by atoms with Gasteiger partial charge in [-0.25, -0.2) is 0 Å². The quantitative estimate of drug-likeness (QED) is 0.173. The van der Waals surface area contributed by atoms with E-state index in [0.29, 0.717) is 19.3 Å². The Balaban J connectivity index is 2.12. The summed E-state index contributed by atoms with van der Waals surface area (Å²) in [5.41, 5.74) is 5.70. The van der Waals surface area contributed by atoms with Crippen molar-refractivity contribution >= 4 is 57.4 Å². The van der Waals surface area contributed by atoms with Gasteiger partial charge in [0.15, 0.2) is 0 Å². The summed E-state index contributed by atoms with van der Waals surface area (Å²) in [6, 6.07) is -4.47. The summed E-state index contributed by atoms with van der Waals surface area (Å²) in [6.07, 6.45) is 0.308. The molecular weight excluding hydrogens is 546 g/mol. The first kappa shape index (κ1) is 29.2. The SMILES string of the molecule is N[C@@H](CC(=O)O)C(=O)N1CCC[C@H]1C(=O)N1CCC[C@H]1C(=O)N[C@@H](CCC(=O)O)C(=O)NC(=O)CBr. The van der Waals surface area contributed by atoms with Crippen molar-refractivity contribution in [1.82, 2.24) is 20.4 Å². The lowest BCUT2D eigenvalue weighted by Gasteiger charge is -2.32. The molecule has 5 amide bonds. The van der Waals surface area contributed by atoms with E-state index in [1.54, 1.807) is 0 Å². The molecule has 14 nitrogen and oxygen atoms in total. The molecule has 2 heterocycles. The molecule has 2 rings (SSSR count). The number of carboxylic acids is 2. The van der Waals surface area contributed by atoms with Crippen LogP contribution in [0.3, 0.4) is 0 Å². The normalized spacial score (nSPS) is 20.9. The summed E-state index contributed by atoms with van der Waals surface area (Å²) in [5, 5.41) is 22.2. The molecule has 36 heavy (non-hydrogen) atoms. The zero-order valence-corrected chi connectivity index (χ0v) is 21.1. The van der Waals surface area contributed by atoms with E-state index in [2.05, 4.69) is 26.6 Å². The molecule has 2 saturated heterocycles. The van der Waals surface area contributed by atoms with E-state index in [1.807, 2.05) is 0 Å². The van der Waals surface area contributed by atoms with Crippen molar-refractivity contribution in [3.05, 3.63) is 0 Å². The van der Waals surface area contributed by atoms with Crippen LogP contribution in [0.15, 0.2) is 0 Å². The molecule has 4 atom stereocenters. The number of carbonyl (C=O) groups excluding carboxylic acids is 5. The topological polar surface area (TPSA) is 217 Å². The molecule has 2 aliphatic heterocycles. The highest BCUT2D eigenvalue weighted by molar-refractivity contribution is 9.09. The van der Waals surface area contributed by atoms with Crippen LogP contribution in [-0.2, 0) is 33.6 Å². The van der Waals surface area contributed by atoms with Crippen LogP contribution in [0.25, 0.3) is 0 Å². The smallest absolute Gasteiger partial charge is 0.305 e. The number of nitrogens with two attached hydrogens (primary N) is 1. The lowest BCUT2D eigenvalue weighted by atomic mass is 10.1. The minimum Gasteiger partial charge on any atom is -0.481 e. The molecule has 0 radical (unpaired) electrons. The third-order valence-electron chi connectivity index (χ3n) is 6.04. The van der Waals surface area contributed by atoms with Gasteiger partial charge in [0.2, 0.25) is 29.5 Å². The largest absolute Gasteiger partial charge is 0.481 e. The molecule has 6 N–H and O–H groups in total. The molecule has 2 aliphatic rings. The van der Waals surface area contributed by atoms with E-state index in [1.165, 1.54) is 9.80 Å². The molecule has 0 aliphatic carbocycles. The van der Waals surface area contributed by atoms with Crippen molar-refractivity contribution in [2.24, 2.45) is 5.73 Å². The summed E-state index contributed by atoms with van der Waals surface area (Å²) in [6.45, 7) is 0.455. The molecule has 0 aromatic carbocycles. The van der Waals surface area contributed by atoms with Crippen molar-refractivity contribution in [3.63, 3.8) is 0 Å². The molecule has 0 saturated carbocycles. The number of hydrogen-bond donors (Lipinski definition) is 5. The summed E-state index contributed by atoms with van der Waals surface area (Å²) >= 11 is 2.90. The number of rotatable bonds is 11. The first-order valence-electron chi connectivity index (χ1n) is 11.5. The highest BCUT2D eigenvalue weighted by Crippen LogP contribution is 2.26. The molecular formula is C21H30BrN5O9. The van der Waals surface area contributed by atoms with Gasteiger partial charge in [-0.2, -0.15) is 0 Å². The van der Waals surface area contributed by atoms with Crippen molar-refractivity contribution in [1.29, 1.82) is 0 Å². The summed E-state index contributed by atoms with van der Waals surface area (Å²) < 4.78 is 0. The first-order chi connectivity index (χ1) is 17.0. The van der Waals surface area contributed by atoms with Crippen LogP contribution < -0.4 is 16.4 Å². The Morgan fingerprint density at radius 1 is 0.944 bits per heavy atom. The maximum absolute atomic E-state index is 13.3. The van der Waals surface area contributed by atoms with Crippen LogP contribution >= 0.6 is 15.9 Å². The summed E-state index contributed by atoms with van der Waals surface area (Å²) in [7, 11) is 0. The van der Waals surface area contributed by atoms with Crippen LogP contribution in [-0.4, -0.2) is 104 Å². The second-order valence-electron chi connectivity index (χ2n) is 8.62. The number of imide groups is 1. The number of nitrogens with one attached hydrogen (secondary N) is 2. The fourth-order valence-electron chi connectivity index (χ4n) is 4.33. The molecule has 2 fully saturated rings. The lowest BCUT2D eigenvalue weighted by molar-refractivity contribution is -0.148. The number of amides is 5. The third kappa shape index (κ3) is 7.71. The fraction of sp³-hybridized carbons (Fsp3) is 0.667. The maximum atomic E-state index is 13.3. The predicted octanol–water partition coefficient (Wildman–Crippen LogP) is -1.84. The van der Waals surface area contributed by atoms with E-state index < -0.39 is 78.5 Å². The van der Waals surface area contributed by atoms with Crippen molar-refractivity contribution in [2.75, 3.05) is 18.4 Å². The second kappa shape index (κ2) is 13.3. The van der Waals surface area contributed by atoms with Gasteiger partial charge < -0.3 is 31.1 Å². The maximum Gasteiger partial charge on any atom is 0.305 e. The van der Waals surface area contributed by atoms with E-state index in [-0.39, 0.29) is 31.3 Å². The Labute approximate surface area is 215 Å². The minimum atomic E-state index is -1.31. The van der Waals surface area contributed by atoms with Crippen LogP contribution in [0.4, 0.5) is 0 Å². The van der Waals surface area contributed by atoms with Gasteiger partial charge in [-0.3, -0.25) is 38.9 Å². The highest BCUT2D eigenvalue weighted by Gasteiger charge is 2.43. The lowest BCUT2D eigenvalue weighted by Crippen LogP contribution is -2.57. The average Bonchev–Trinajstić information content (AvgIpc) is 3.50. The molecule has 0 aromatic heterocycles. The van der Waals surface area contributed by atoms with Crippen LogP contribution in [0.2, 0.25) is 0 Å². The number of carbonyl (C=O) groups is 7. The molecule has 15 heteroatoms. The van der Waals surface area contributed by atoms with Crippen LogP contribution in [0, 0.1) is 0 Å². The van der Waals surface area contributed by atoms with Crippen molar-refractivity contribution in [2.45, 2.75) is 69.1 Å². The number of aliphatic carboxylic acids is 2. The van der Waals surface area contributed by atoms with Gasteiger partial charge in [0.1, 0.15) is 18.1 Å². The number of nitrogens with zero attached hydrogens (tertiary/aromatic N) is 2. The first-order valence-corrected chi connectivity index (χ1v) is 12.6. The van der Waals surface area contributed by atoms with Gasteiger partial charge in [-0.1, -0.05) is 15.9 Å². The fourth-order valence-corrected chi connectivity index (χ4v) is 4.47. The Morgan fingerprint density at radius 3 is 2.14 bits per heavy atom. The zero-order chi connectivity index (χ0) is 27.0. The molecule has 0 spiro atoms. The zero-order valence-electron chi connectivity index (χ0n) is 19.5. The van der Waals surface area contributed by atoms with Crippen LogP contribution in [0.5, 0.6) is 0 Å². The number of alkyl halides is 1.